The number of carbonyl (C=O) groups is 1. The monoisotopic (exact) mass is 656 g/mol. The number of ether oxygens (including phenoxy) is 1. The summed E-state index contributed by atoms with van der Waals surface area (Å²) in [5, 5.41) is 7.84. The third kappa shape index (κ3) is 6.69. The number of hydrogen-bond donors (Lipinski definition) is 1. The van der Waals surface area contributed by atoms with Crippen LogP contribution in [0.4, 0.5) is 11.4 Å². The Morgan fingerprint density at radius 1 is 0.939 bits per heavy atom. The highest BCUT2D eigenvalue weighted by atomic mass is 16.5. The van der Waals surface area contributed by atoms with Gasteiger partial charge in [0, 0.05) is 67.1 Å². The lowest BCUT2D eigenvalue weighted by atomic mass is 9.85. The van der Waals surface area contributed by atoms with E-state index in [0.717, 1.165) is 82.6 Å². The number of aryl methyl sites for hydroxylation is 1. The predicted molar refractivity (Wildman–Crippen MR) is 195 cm³/mol. The van der Waals surface area contributed by atoms with Gasteiger partial charge in [0.25, 0.3) is 5.91 Å². The predicted octanol–water partition coefficient (Wildman–Crippen LogP) is 6.66. The molecule has 1 fully saturated rings. The minimum atomic E-state index is -0.124. The average Bonchev–Trinajstić information content (AvgIpc) is 3.83. The van der Waals surface area contributed by atoms with Crippen molar-refractivity contribution in [3.63, 3.8) is 0 Å². The lowest BCUT2D eigenvalue weighted by Crippen LogP contribution is -2.44. The second-order valence-electron chi connectivity index (χ2n) is 14.0. The van der Waals surface area contributed by atoms with Crippen LogP contribution in [-0.4, -0.2) is 75.1 Å². The maximum Gasteiger partial charge on any atom is 0.255 e. The number of hydrogen-bond acceptors (Lipinski definition) is 6. The molecular weight excluding hydrogens is 612 g/mol. The number of aromatic nitrogens is 5. The number of amides is 1. The maximum absolute atomic E-state index is 13.9. The molecule has 6 aromatic rings. The Morgan fingerprint density at radius 3 is 2.45 bits per heavy atom. The summed E-state index contributed by atoms with van der Waals surface area (Å²) in [6.07, 6.45) is 7.80. The van der Waals surface area contributed by atoms with Gasteiger partial charge >= 0.3 is 0 Å². The lowest BCUT2D eigenvalue weighted by Gasteiger charge is -2.35. The van der Waals surface area contributed by atoms with Crippen molar-refractivity contribution in [1.29, 1.82) is 0 Å². The fourth-order valence-corrected chi connectivity index (χ4v) is 6.35. The first kappa shape index (κ1) is 32.2. The van der Waals surface area contributed by atoms with Crippen molar-refractivity contribution in [1.82, 2.24) is 28.9 Å². The zero-order valence-electron chi connectivity index (χ0n) is 29.1. The van der Waals surface area contributed by atoms with Crippen LogP contribution in [-0.2, 0) is 12.0 Å². The molecule has 0 atom stereocenters. The number of fused-ring (bicyclic) bond motifs is 1. The van der Waals surface area contributed by atoms with Crippen molar-refractivity contribution in [2.45, 2.75) is 39.7 Å². The molecule has 3 aromatic heterocycles. The second kappa shape index (κ2) is 12.9. The number of likely N-dealkylation sites (N-methyl/N-ethyl adjacent to an activating group) is 1. The number of benzene rings is 3. The van der Waals surface area contributed by atoms with Gasteiger partial charge in [0.2, 0.25) is 0 Å². The minimum absolute atomic E-state index is 0.0941. The van der Waals surface area contributed by atoms with Crippen LogP contribution in [0.25, 0.3) is 22.6 Å². The molecule has 1 aliphatic heterocycles. The van der Waals surface area contributed by atoms with E-state index in [1.807, 2.05) is 90.1 Å². The molecule has 252 valence electrons. The molecule has 49 heavy (non-hydrogen) atoms. The fourth-order valence-electron chi connectivity index (χ4n) is 6.35. The van der Waals surface area contributed by atoms with E-state index in [2.05, 4.69) is 75.2 Å². The summed E-state index contributed by atoms with van der Waals surface area (Å²) < 4.78 is 11.4. The van der Waals surface area contributed by atoms with Gasteiger partial charge in [0.15, 0.2) is 5.65 Å². The van der Waals surface area contributed by atoms with E-state index < -0.39 is 0 Å². The van der Waals surface area contributed by atoms with Crippen molar-refractivity contribution in [3.8, 4) is 22.7 Å². The Morgan fingerprint density at radius 2 is 1.71 bits per heavy atom. The van der Waals surface area contributed by atoms with Gasteiger partial charge in [-0.3, -0.25) is 14.2 Å². The Balaban J connectivity index is 1.16. The van der Waals surface area contributed by atoms with Crippen molar-refractivity contribution < 1.29 is 9.53 Å². The fraction of sp³-hybridized carbons (Fsp3) is 0.308. The third-order valence-electron chi connectivity index (χ3n) is 9.41. The largest absolute Gasteiger partial charge is 0.497 e. The summed E-state index contributed by atoms with van der Waals surface area (Å²) in [4.78, 5) is 23.3. The van der Waals surface area contributed by atoms with Crippen LogP contribution in [0.5, 0.6) is 5.75 Å². The van der Waals surface area contributed by atoms with Crippen molar-refractivity contribution in [3.05, 3.63) is 114 Å². The smallest absolute Gasteiger partial charge is 0.255 e. The molecule has 10 heteroatoms. The standard InChI is InChI=1S/C39H44N8O2/c1-27-7-10-32(42-38(48)29-19-31(39(2,3)4)21-33(20-29)44-17-15-43(5)16-18-44)22-35(27)46-14-13-37-40-24-36(47(37)46)30-23-41-45(26-30)25-28-8-11-34(49-6)12-9-28/h7-14,19-24,26H,15-18,25H2,1-6H3,(H,42,48). The molecule has 1 aliphatic rings. The van der Waals surface area contributed by atoms with Gasteiger partial charge in [-0.2, -0.15) is 5.10 Å². The molecule has 1 N–H and O–H groups in total. The quantitative estimate of drug-likeness (QED) is 0.197. The molecule has 3 aromatic carbocycles. The molecule has 1 saturated heterocycles. The van der Waals surface area contributed by atoms with Gasteiger partial charge in [-0.25, -0.2) is 9.50 Å². The first-order valence-electron chi connectivity index (χ1n) is 16.8. The van der Waals surface area contributed by atoms with Gasteiger partial charge in [0.05, 0.1) is 37.4 Å². The van der Waals surface area contributed by atoms with Crippen molar-refractivity contribution >= 4 is 22.9 Å². The highest BCUT2D eigenvalue weighted by Gasteiger charge is 2.22. The Bertz CT molecular complexity index is 2110. The Labute approximate surface area is 287 Å². The lowest BCUT2D eigenvalue weighted by molar-refractivity contribution is 0.102. The van der Waals surface area contributed by atoms with Crippen LogP contribution < -0.4 is 15.0 Å². The van der Waals surface area contributed by atoms with E-state index in [0.29, 0.717) is 12.1 Å². The van der Waals surface area contributed by atoms with Crippen LogP contribution in [0.2, 0.25) is 0 Å². The van der Waals surface area contributed by atoms with E-state index in [9.17, 15) is 4.79 Å². The summed E-state index contributed by atoms with van der Waals surface area (Å²) in [5.41, 5.74) is 9.38. The zero-order chi connectivity index (χ0) is 34.3. The zero-order valence-corrected chi connectivity index (χ0v) is 29.1. The van der Waals surface area contributed by atoms with Crippen molar-refractivity contribution in [2.24, 2.45) is 0 Å². The first-order chi connectivity index (χ1) is 23.6. The van der Waals surface area contributed by atoms with Gasteiger partial charge < -0.3 is 19.9 Å². The molecule has 4 heterocycles. The summed E-state index contributed by atoms with van der Waals surface area (Å²) >= 11 is 0. The van der Waals surface area contributed by atoms with E-state index in [-0.39, 0.29) is 11.3 Å². The number of anilines is 2. The van der Waals surface area contributed by atoms with E-state index in [1.54, 1.807) is 7.11 Å². The van der Waals surface area contributed by atoms with Gasteiger partial charge in [-0.15, -0.1) is 0 Å². The number of rotatable bonds is 8. The average molecular weight is 657 g/mol. The van der Waals surface area contributed by atoms with Crippen LogP contribution >= 0.6 is 0 Å². The molecule has 0 bridgehead atoms. The molecule has 0 spiro atoms. The van der Waals surface area contributed by atoms with Crippen LogP contribution in [0.15, 0.2) is 91.5 Å². The Kier molecular flexibility index (Phi) is 8.50. The number of nitrogens with one attached hydrogen (secondary N) is 1. The molecule has 10 nitrogen and oxygen atoms in total. The number of imidazole rings is 1. The van der Waals surface area contributed by atoms with Crippen LogP contribution in [0.1, 0.15) is 47.8 Å². The highest BCUT2D eigenvalue weighted by Crippen LogP contribution is 2.30. The molecular formula is C39H44N8O2. The van der Waals surface area contributed by atoms with E-state index in [4.69, 9.17) is 4.74 Å². The first-order valence-corrected chi connectivity index (χ1v) is 16.8. The molecule has 7 rings (SSSR count). The van der Waals surface area contributed by atoms with Gasteiger partial charge in [-0.05, 0) is 78.5 Å². The SMILES string of the molecule is COc1ccc(Cn2cc(-c3cnc4ccn(-c5cc(NC(=O)c6cc(N7CCN(C)CC7)cc(C(C)(C)C)c6)ccc5C)n34)cn2)cc1. The van der Waals surface area contributed by atoms with Gasteiger partial charge in [0.1, 0.15) is 5.75 Å². The molecule has 0 radical (unpaired) electrons. The minimum Gasteiger partial charge on any atom is -0.497 e. The third-order valence-corrected chi connectivity index (χ3v) is 9.41. The molecule has 0 aliphatic carbocycles. The molecule has 0 saturated carbocycles. The topological polar surface area (TPSA) is 84.9 Å². The normalized spacial score (nSPS) is 14.0. The number of piperazine rings is 1. The molecule has 1 amide bonds. The highest BCUT2D eigenvalue weighted by molar-refractivity contribution is 6.05. The van der Waals surface area contributed by atoms with Crippen molar-refractivity contribution in [2.75, 3.05) is 50.6 Å². The number of nitrogens with zero attached hydrogens (tertiary/aromatic N) is 7. The number of methoxy groups -OCH3 is 1. The van der Waals surface area contributed by atoms with Crippen LogP contribution in [0.3, 0.4) is 0 Å². The van der Waals surface area contributed by atoms with E-state index in [1.165, 1.54) is 0 Å². The summed E-state index contributed by atoms with van der Waals surface area (Å²) in [6.45, 7) is 13.2. The second-order valence-corrected chi connectivity index (χ2v) is 14.0. The van der Waals surface area contributed by atoms with E-state index >= 15 is 0 Å². The summed E-state index contributed by atoms with van der Waals surface area (Å²) in [6, 6.07) is 22.4. The Hall–Kier alpha value is -5.35. The summed E-state index contributed by atoms with van der Waals surface area (Å²) in [5.74, 6) is 0.706. The molecule has 0 unspecified atom stereocenters. The summed E-state index contributed by atoms with van der Waals surface area (Å²) in [7, 11) is 3.82. The number of carbonyl (C=O) groups excluding carboxylic acids is 1. The van der Waals surface area contributed by atoms with Gasteiger partial charge in [-0.1, -0.05) is 39.0 Å². The maximum atomic E-state index is 13.9. The van der Waals surface area contributed by atoms with Crippen LogP contribution in [0, 0.1) is 6.92 Å².